The monoisotopic (exact) mass is 373 g/mol. The average molecular weight is 373 g/mol. The highest BCUT2D eigenvalue weighted by molar-refractivity contribution is 5.94. The zero-order valence-corrected chi connectivity index (χ0v) is 15.9. The molecule has 1 unspecified atom stereocenters. The van der Waals surface area contributed by atoms with Crippen LogP contribution in [0.1, 0.15) is 24.5 Å². The first-order chi connectivity index (χ1) is 13.6. The van der Waals surface area contributed by atoms with Crippen molar-refractivity contribution in [3.63, 3.8) is 0 Å². The van der Waals surface area contributed by atoms with Gasteiger partial charge in [0.1, 0.15) is 6.07 Å². The molecule has 1 amide bonds. The lowest BCUT2D eigenvalue weighted by atomic mass is 10.1. The molecule has 1 aliphatic rings. The summed E-state index contributed by atoms with van der Waals surface area (Å²) in [6, 6.07) is 18.6. The zero-order valence-electron chi connectivity index (χ0n) is 15.9. The molecule has 0 saturated carbocycles. The van der Waals surface area contributed by atoms with Crippen molar-refractivity contribution in [2.75, 3.05) is 36.4 Å². The number of carbonyl (C=O) groups excluding carboxylic acids is 1. The number of benzene rings is 2. The molecule has 0 aromatic heterocycles. The number of nitrogens with zero attached hydrogens (tertiary/aromatic N) is 4. The Kier molecular flexibility index (Phi) is 6.26. The third kappa shape index (κ3) is 4.49. The van der Waals surface area contributed by atoms with E-state index in [0.717, 1.165) is 38.3 Å². The molecule has 0 spiro atoms. The van der Waals surface area contributed by atoms with Gasteiger partial charge in [-0.25, -0.2) is 0 Å². The van der Waals surface area contributed by atoms with Crippen molar-refractivity contribution in [1.82, 2.24) is 4.90 Å². The van der Waals surface area contributed by atoms with E-state index >= 15 is 0 Å². The fraction of sp³-hybridized carbons (Fsp3) is 0.318. The van der Waals surface area contributed by atoms with Crippen molar-refractivity contribution in [3.05, 3.63) is 59.7 Å². The minimum Gasteiger partial charge on any atom is -0.369 e. The highest BCUT2D eigenvalue weighted by atomic mass is 16.2. The lowest BCUT2D eigenvalue weighted by Gasteiger charge is -2.27. The van der Waals surface area contributed by atoms with Crippen molar-refractivity contribution in [2.24, 2.45) is 0 Å². The second-order valence-corrected chi connectivity index (χ2v) is 6.86. The topological polar surface area (TPSA) is 83.2 Å². The second kappa shape index (κ2) is 9.03. The van der Waals surface area contributed by atoms with E-state index in [1.165, 1.54) is 0 Å². The molecule has 6 nitrogen and oxygen atoms in total. The van der Waals surface area contributed by atoms with Crippen LogP contribution in [-0.2, 0) is 4.79 Å². The van der Waals surface area contributed by atoms with E-state index in [0.29, 0.717) is 16.8 Å². The molecular weight excluding hydrogens is 350 g/mol. The van der Waals surface area contributed by atoms with Gasteiger partial charge in [0.05, 0.1) is 28.9 Å². The van der Waals surface area contributed by atoms with Crippen molar-refractivity contribution in [1.29, 1.82) is 10.5 Å². The number of hydrogen-bond acceptors (Lipinski definition) is 5. The lowest BCUT2D eigenvalue weighted by molar-refractivity contribution is -0.120. The molecule has 1 fully saturated rings. The number of para-hydroxylation sites is 1. The largest absolute Gasteiger partial charge is 0.369 e. The average Bonchev–Trinajstić information content (AvgIpc) is 2.99. The van der Waals surface area contributed by atoms with E-state index in [1.54, 1.807) is 24.3 Å². The summed E-state index contributed by atoms with van der Waals surface area (Å²) in [7, 11) is 0. The summed E-state index contributed by atoms with van der Waals surface area (Å²) >= 11 is 0. The molecule has 1 atom stereocenters. The van der Waals surface area contributed by atoms with Crippen LogP contribution >= 0.6 is 0 Å². The maximum atomic E-state index is 12.7. The third-order valence-corrected chi connectivity index (χ3v) is 5.08. The minimum absolute atomic E-state index is 0.0824. The molecule has 142 valence electrons. The SMILES string of the molecule is CC(C(=O)Nc1cccc(C#N)c1)N1CCCN(c2ccccc2C#N)CC1. The van der Waals surface area contributed by atoms with Crippen molar-refractivity contribution in [3.8, 4) is 12.1 Å². The molecule has 6 heteroatoms. The number of nitrogens with one attached hydrogen (secondary N) is 1. The molecule has 0 bridgehead atoms. The summed E-state index contributed by atoms with van der Waals surface area (Å²) in [5, 5.41) is 21.3. The molecule has 2 aromatic rings. The summed E-state index contributed by atoms with van der Waals surface area (Å²) in [5.41, 5.74) is 2.79. The molecule has 28 heavy (non-hydrogen) atoms. The highest BCUT2D eigenvalue weighted by Crippen LogP contribution is 2.22. The molecule has 0 radical (unpaired) electrons. The van der Waals surface area contributed by atoms with Gasteiger partial charge in [-0.05, 0) is 43.7 Å². The molecule has 3 rings (SSSR count). The quantitative estimate of drug-likeness (QED) is 0.891. The summed E-state index contributed by atoms with van der Waals surface area (Å²) < 4.78 is 0. The molecule has 2 aromatic carbocycles. The second-order valence-electron chi connectivity index (χ2n) is 6.86. The van der Waals surface area contributed by atoms with Crippen LogP contribution in [0.5, 0.6) is 0 Å². The molecule has 1 saturated heterocycles. The van der Waals surface area contributed by atoms with Crippen LogP contribution in [0.2, 0.25) is 0 Å². The van der Waals surface area contributed by atoms with Gasteiger partial charge in [-0.1, -0.05) is 18.2 Å². The maximum Gasteiger partial charge on any atom is 0.241 e. The van der Waals surface area contributed by atoms with Crippen LogP contribution in [0.4, 0.5) is 11.4 Å². The third-order valence-electron chi connectivity index (χ3n) is 5.08. The Bertz CT molecular complexity index is 927. The van der Waals surface area contributed by atoms with Crippen LogP contribution in [-0.4, -0.2) is 43.0 Å². The number of hydrogen-bond donors (Lipinski definition) is 1. The van der Waals surface area contributed by atoms with Crippen LogP contribution in [0.25, 0.3) is 0 Å². The van der Waals surface area contributed by atoms with Crippen LogP contribution in [0.3, 0.4) is 0 Å². The van der Waals surface area contributed by atoms with Gasteiger partial charge in [-0.2, -0.15) is 10.5 Å². The van der Waals surface area contributed by atoms with Crippen LogP contribution < -0.4 is 10.2 Å². The van der Waals surface area contributed by atoms with Crippen LogP contribution in [0.15, 0.2) is 48.5 Å². The summed E-state index contributed by atoms with van der Waals surface area (Å²) in [5.74, 6) is -0.0824. The fourth-order valence-corrected chi connectivity index (χ4v) is 3.49. The van der Waals surface area contributed by atoms with Gasteiger partial charge in [-0.15, -0.1) is 0 Å². The Hall–Kier alpha value is -3.35. The van der Waals surface area contributed by atoms with E-state index in [9.17, 15) is 10.1 Å². The van der Waals surface area contributed by atoms with Gasteiger partial charge >= 0.3 is 0 Å². The minimum atomic E-state index is -0.281. The molecular formula is C22H23N5O. The van der Waals surface area contributed by atoms with Crippen molar-refractivity contribution >= 4 is 17.3 Å². The lowest BCUT2D eigenvalue weighted by Crippen LogP contribution is -2.44. The predicted octanol–water partition coefficient (Wildman–Crippen LogP) is 2.97. The Balaban J connectivity index is 1.64. The summed E-state index contributed by atoms with van der Waals surface area (Å²) in [6.07, 6.45) is 0.918. The number of rotatable bonds is 4. The molecule has 1 N–H and O–H groups in total. The Morgan fingerprint density at radius 2 is 1.86 bits per heavy atom. The number of carbonyl (C=O) groups is 1. The highest BCUT2D eigenvalue weighted by Gasteiger charge is 2.25. The Morgan fingerprint density at radius 3 is 2.64 bits per heavy atom. The number of anilines is 2. The summed E-state index contributed by atoms with van der Waals surface area (Å²) in [6.45, 7) is 5.08. The van der Waals surface area contributed by atoms with Gasteiger partial charge in [0, 0.05) is 31.9 Å². The van der Waals surface area contributed by atoms with Gasteiger partial charge in [-0.3, -0.25) is 9.69 Å². The Morgan fingerprint density at radius 1 is 1.04 bits per heavy atom. The van der Waals surface area contributed by atoms with E-state index in [-0.39, 0.29) is 11.9 Å². The van der Waals surface area contributed by atoms with E-state index in [4.69, 9.17) is 5.26 Å². The van der Waals surface area contributed by atoms with Crippen molar-refractivity contribution < 1.29 is 4.79 Å². The molecule has 0 aliphatic carbocycles. The Labute approximate surface area is 165 Å². The standard InChI is InChI=1S/C22H23N5O/c1-17(22(28)25-20-8-4-6-18(14-20)15-23)26-10-5-11-27(13-12-26)21-9-3-2-7-19(21)16-24/h2-4,6-9,14,17H,5,10-13H2,1H3,(H,25,28). The normalized spacial score (nSPS) is 15.8. The van der Waals surface area contributed by atoms with E-state index < -0.39 is 0 Å². The smallest absolute Gasteiger partial charge is 0.241 e. The van der Waals surface area contributed by atoms with Gasteiger partial charge < -0.3 is 10.2 Å². The van der Waals surface area contributed by atoms with Gasteiger partial charge in [0.25, 0.3) is 0 Å². The van der Waals surface area contributed by atoms with Crippen LogP contribution in [0, 0.1) is 22.7 Å². The summed E-state index contributed by atoms with van der Waals surface area (Å²) in [4.78, 5) is 17.1. The maximum absolute atomic E-state index is 12.7. The predicted molar refractivity (Wildman–Crippen MR) is 109 cm³/mol. The van der Waals surface area contributed by atoms with E-state index in [1.807, 2.05) is 31.2 Å². The molecule has 1 aliphatic heterocycles. The number of nitriles is 2. The number of amides is 1. The molecule has 1 heterocycles. The van der Waals surface area contributed by atoms with E-state index in [2.05, 4.69) is 27.3 Å². The van der Waals surface area contributed by atoms with Gasteiger partial charge in [0.2, 0.25) is 5.91 Å². The zero-order chi connectivity index (χ0) is 19.9. The fourth-order valence-electron chi connectivity index (χ4n) is 3.49. The van der Waals surface area contributed by atoms with Gasteiger partial charge in [0.15, 0.2) is 0 Å². The first kappa shape index (κ1) is 19.4. The first-order valence-corrected chi connectivity index (χ1v) is 9.41. The first-order valence-electron chi connectivity index (χ1n) is 9.41. The van der Waals surface area contributed by atoms with Crippen molar-refractivity contribution in [2.45, 2.75) is 19.4 Å².